The van der Waals surface area contributed by atoms with Gasteiger partial charge in [0.1, 0.15) is 5.82 Å². The van der Waals surface area contributed by atoms with E-state index in [4.69, 9.17) is 7.10 Å². The van der Waals surface area contributed by atoms with E-state index >= 15 is 0 Å². The molecule has 0 saturated carbocycles. The first kappa shape index (κ1) is 9.45. The molecule has 14 heavy (non-hydrogen) atoms. The quantitative estimate of drug-likeness (QED) is 0.705. The first-order valence-corrected chi connectivity index (χ1v) is 3.79. The molecule has 0 saturated heterocycles. The van der Waals surface area contributed by atoms with Crippen molar-refractivity contribution >= 4 is 0 Å². The maximum Gasteiger partial charge on any atom is 0.419 e. The number of rotatable bonds is 1. The molecule has 0 heterocycles. The third-order valence-corrected chi connectivity index (χ3v) is 1.73. The predicted octanol–water partition coefficient (Wildman–Crippen LogP) is 2.86. The fourth-order valence-electron chi connectivity index (χ4n) is 1.06. The van der Waals surface area contributed by atoms with Crippen LogP contribution in [0.15, 0.2) is 18.2 Å². The van der Waals surface area contributed by atoms with Crippen molar-refractivity contribution in [2.45, 2.75) is 19.1 Å². The van der Waals surface area contributed by atoms with Gasteiger partial charge < -0.3 is 5.73 Å². The van der Waals surface area contributed by atoms with Gasteiger partial charge in [-0.05, 0) is 13.0 Å². The zero-order chi connectivity index (χ0) is 11.9. The Morgan fingerprint density at radius 2 is 2.00 bits per heavy atom. The fourth-order valence-corrected chi connectivity index (χ4v) is 1.06. The van der Waals surface area contributed by atoms with Crippen LogP contribution in [0.25, 0.3) is 0 Å². The van der Waals surface area contributed by atoms with E-state index in [2.05, 4.69) is 0 Å². The van der Waals surface area contributed by atoms with Crippen molar-refractivity contribution in [1.29, 1.82) is 0 Å². The summed E-state index contributed by atoms with van der Waals surface area (Å²) in [5, 5.41) is 0. The van der Waals surface area contributed by atoms with Crippen molar-refractivity contribution in [2.75, 3.05) is 0 Å². The third kappa shape index (κ3) is 2.04. The number of nitrogens with two attached hydrogens (primary N) is 1. The Balaban J connectivity index is 3.37. The molecule has 1 nitrogen and oxygen atoms in total. The Hall–Kier alpha value is -1.10. The van der Waals surface area contributed by atoms with Crippen LogP contribution in [0.3, 0.4) is 0 Å². The molecule has 1 atom stereocenters. The molecule has 0 aliphatic rings. The summed E-state index contributed by atoms with van der Waals surface area (Å²) in [6.45, 7) is 1.12. The second-order valence-electron chi connectivity index (χ2n) is 2.85. The molecule has 0 unspecified atom stereocenters. The average Bonchev–Trinajstić information content (AvgIpc) is 1.99. The summed E-state index contributed by atoms with van der Waals surface area (Å²) >= 11 is 0. The van der Waals surface area contributed by atoms with Crippen LogP contribution in [0.5, 0.6) is 0 Å². The predicted molar refractivity (Wildman–Crippen MR) is 44.0 cm³/mol. The summed E-state index contributed by atoms with van der Waals surface area (Å²) in [6, 6.07) is 0.828. The highest BCUT2D eigenvalue weighted by atomic mass is 19.4. The highest BCUT2D eigenvalue weighted by Crippen LogP contribution is 2.33. The lowest BCUT2D eigenvalue weighted by molar-refractivity contribution is -0.140. The molecule has 2 N–H and O–H groups in total. The van der Waals surface area contributed by atoms with Crippen LogP contribution in [-0.4, -0.2) is 0 Å². The molecule has 0 amide bonds. The first-order chi connectivity index (χ1) is 6.64. The Bertz CT molecular complexity index is 335. The molecule has 0 spiro atoms. The van der Waals surface area contributed by atoms with Crippen molar-refractivity contribution in [3.8, 4) is 0 Å². The van der Waals surface area contributed by atoms with Crippen molar-refractivity contribution in [2.24, 2.45) is 5.73 Å². The number of hydrogen-bond donors (Lipinski definition) is 1. The standard InChI is InChI=1S/C9H9F4N/c1-5(14)6-3-2-4-7(8(6)10)9(11,12)13/h2-5H,14H2,1H3/t5-/m1/s1/i5D. The number of hydrogen-bond acceptors (Lipinski definition) is 1. The van der Waals surface area contributed by atoms with E-state index in [-0.39, 0.29) is 0 Å². The number of benzene rings is 1. The van der Waals surface area contributed by atoms with Crippen molar-refractivity contribution in [1.82, 2.24) is 0 Å². The fraction of sp³-hybridized carbons (Fsp3) is 0.333. The normalized spacial score (nSPS) is 17.4. The van der Waals surface area contributed by atoms with Crippen molar-refractivity contribution < 1.29 is 18.9 Å². The average molecular weight is 208 g/mol. The minimum absolute atomic E-state index is 0.475. The second kappa shape index (κ2) is 3.57. The van der Waals surface area contributed by atoms with Crippen LogP contribution in [-0.2, 0) is 6.18 Å². The van der Waals surface area contributed by atoms with Gasteiger partial charge in [-0.15, -0.1) is 0 Å². The SMILES string of the molecule is [2H][C@](C)(N)c1cccc(C(F)(F)F)c1F. The molecule has 0 aliphatic carbocycles. The summed E-state index contributed by atoms with van der Waals surface area (Å²) in [4.78, 5) is 0. The van der Waals surface area contributed by atoms with Crippen LogP contribution < -0.4 is 5.73 Å². The molecule has 0 radical (unpaired) electrons. The monoisotopic (exact) mass is 208 g/mol. The zero-order valence-electron chi connectivity index (χ0n) is 8.32. The van der Waals surface area contributed by atoms with E-state index in [1.54, 1.807) is 0 Å². The van der Waals surface area contributed by atoms with E-state index in [1.165, 1.54) is 0 Å². The molecule has 1 aromatic rings. The number of alkyl halides is 3. The minimum atomic E-state index is -4.77. The zero-order valence-corrected chi connectivity index (χ0v) is 7.32. The van der Waals surface area contributed by atoms with Gasteiger partial charge in [-0.1, -0.05) is 12.1 Å². The summed E-state index contributed by atoms with van der Waals surface area (Å²) < 4.78 is 57.5. The van der Waals surface area contributed by atoms with E-state index < -0.39 is 29.1 Å². The van der Waals surface area contributed by atoms with Gasteiger partial charge in [0, 0.05) is 11.6 Å². The van der Waals surface area contributed by atoms with Gasteiger partial charge in [-0.25, -0.2) is 4.39 Å². The van der Waals surface area contributed by atoms with Gasteiger partial charge in [0.15, 0.2) is 0 Å². The van der Waals surface area contributed by atoms with E-state index in [0.29, 0.717) is 6.07 Å². The van der Waals surface area contributed by atoms with Crippen LogP contribution >= 0.6 is 0 Å². The van der Waals surface area contributed by atoms with Crippen LogP contribution in [0.2, 0.25) is 0 Å². The summed E-state index contributed by atoms with van der Waals surface area (Å²) in [5.74, 6) is -1.48. The van der Waals surface area contributed by atoms with E-state index in [1.807, 2.05) is 0 Å². The van der Waals surface area contributed by atoms with Gasteiger partial charge in [-0.2, -0.15) is 13.2 Å². The second-order valence-corrected chi connectivity index (χ2v) is 2.85. The molecule has 1 rings (SSSR count). The molecule has 78 valence electrons. The molecule has 0 fully saturated rings. The highest BCUT2D eigenvalue weighted by molar-refractivity contribution is 5.29. The number of halogens is 4. The van der Waals surface area contributed by atoms with Gasteiger partial charge in [0.2, 0.25) is 0 Å². The molecule has 0 aliphatic heterocycles. The van der Waals surface area contributed by atoms with Crippen LogP contribution in [0.4, 0.5) is 17.6 Å². The summed E-state index contributed by atoms with van der Waals surface area (Å²) in [5.41, 5.74) is 3.36. The molecular formula is C9H9F4N. The van der Waals surface area contributed by atoms with Gasteiger partial charge >= 0.3 is 6.18 Å². The largest absolute Gasteiger partial charge is 0.419 e. The molecule has 0 bridgehead atoms. The Morgan fingerprint density at radius 3 is 2.43 bits per heavy atom. The molecular weight excluding hydrogens is 198 g/mol. The topological polar surface area (TPSA) is 26.0 Å². The minimum Gasteiger partial charge on any atom is -0.324 e. The molecule has 5 heteroatoms. The maximum atomic E-state index is 13.3. The Morgan fingerprint density at radius 1 is 1.43 bits per heavy atom. The highest BCUT2D eigenvalue weighted by Gasteiger charge is 2.34. The van der Waals surface area contributed by atoms with Crippen molar-refractivity contribution in [3.05, 3.63) is 35.1 Å². The van der Waals surface area contributed by atoms with Gasteiger partial charge in [-0.3, -0.25) is 0 Å². The Kier molecular flexibility index (Phi) is 2.41. The van der Waals surface area contributed by atoms with E-state index in [0.717, 1.165) is 19.1 Å². The molecule has 0 aromatic heterocycles. The van der Waals surface area contributed by atoms with E-state index in [9.17, 15) is 17.6 Å². The lowest BCUT2D eigenvalue weighted by Gasteiger charge is -2.12. The Labute approximate surface area is 79.9 Å². The lowest BCUT2D eigenvalue weighted by atomic mass is 10.0. The summed E-state index contributed by atoms with van der Waals surface area (Å²) in [6.07, 6.45) is -4.77. The maximum absolute atomic E-state index is 13.3. The first-order valence-electron chi connectivity index (χ1n) is 4.29. The van der Waals surface area contributed by atoms with Crippen LogP contribution in [0.1, 0.15) is 25.4 Å². The molecule has 1 aromatic carbocycles. The lowest BCUT2D eigenvalue weighted by Crippen LogP contribution is -2.14. The van der Waals surface area contributed by atoms with Gasteiger partial charge in [0.05, 0.1) is 6.93 Å². The van der Waals surface area contributed by atoms with Gasteiger partial charge in [0.25, 0.3) is 0 Å². The third-order valence-electron chi connectivity index (χ3n) is 1.73. The van der Waals surface area contributed by atoms with Crippen LogP contribution in [0, 0.1) is 5.82 Å². The summed E-state index contributed by atoms with van der Waals surface area (Å²) in [7, 11) is 0. The van der Waals surface area contributed by atoms with Crippen molar-refractivity contribution in [3.63, 3.8) is 0 Å². The smallest absolute Gasteiger partial charge is 0.324 e.